The number of nitrogens with one attached hydrogen (secondary N) is 1. The van der Waals surface area contributed by atoms with Gasteiger partial charge in [-0.05, 0) is 44.5 Å². The zero-order chi connectivity index (χ0) is 15.4. The molecule has 1 atom stereocenters. The lowest BCUT2D eigenvalue weighted by molar-refractivity contribution is -0.387. The third-order valence-corrected chi connectivity index (χ3v) is 3.68. The Balaban J connectivity index is 1.94. The van der Waals surface area contributed by atoms with Gasteiger partial charge in [-0.25, -0.2) is 0 Å². The molecule has 1 N–H and O–H groups in total. The Bertz CT molecular complexity index is 550. The second-order valence-electron chi connectivity index (χ2n) is 5.40. The molecule has 1 fully saturated rings. The maximum Gasteiger partial charge on any atom is 0.304 e. The van der Waals surface area contributed by atoms with Gasteiger partial charge in [0.1, 0.15) is 0 Å². The molecule has 0 bridgehead atoms. The summed E-state index contributed by atoms with van der Waals surface area (Å²) in [5, 5.41) is 13.3. The van der Waals surface area contributed by atoms with E-state index in [0.717, 1.165) is 38.1 Å². The lowest BCUT2D eigenvalue weighted by atomic mass is 9.98. The SMILES string of the molecule is CN1CCCC(CNC(=O)c2ccc([N+](=O)[O-])c(F)c2)C1. The minimum absolute atomic E-state index is 0.0993. The second-order valence-corrected chi connectivity index (χ2v) is 5.40. The number of nitro benzene ring substituents is 1. The van der Waals surface area contributed by atoms with E-state index in [2.05, 4.69) is 10.2 Å². The maximum atomic E-state index is 13.5. The molecule has 0 radical (unpaired) electrons. The molecule has 0 aliphatic carbocycles. The molecule has 1 heterocycles. The maximum absolute atomic E-state index is 13.5. The van der Waals surface area contributed by atoms with Crippen LogP contribution < -0.4 is 5.32 Å². The lowest BCUT2D eigenvalue weighted by Gasteiger charge is -2.29. The fourth-order valence-electron chi connectivity index (χ4n) is 2.58. The van der Waals surface area contributed by atoms with Crippen LogP contribution >= 0.6 is 0 Å². The zero-order valence-electron chi connectivity index (χ0n) is 11.8. The number of hydrogen-bond donors (Lipinski definition) is 1. The first kappa shape index (κ1) is 15.4. The largest absolute Gasteiger partial charge is 0.352 e. The number of rotatable bonds is 4. The smallest absolute Gasteiger partial charge is 0.304 e. The quantitative estimate of drug-likeness (QED) is 0.679. The Morgan fingerprint density at radius 2 is 2.33 bits per heavy atom. The summed E-state index contributed by atoms with van der Waals surface area (Å²) in [4.78, 5) is 23.9. The summed E-state index contributed by atoms with van der Waals surface area (Å²) in [7, 11) is 2.04. The molecule has 2 rings (SSSR count). The van der Waals surface area contributed by atoms with Crippen LogP contribution in [0.15, 0.2) is 18.2 Å². The molecular formula is C14H18FN3O3. The van der Waals surface area contributed by atoms with E-state index in [0.29, 0.717) is 12.5 Å². The van der Waals surface area contributed by atoms with E-state index in [9.17, 15) is 19.3 Å². The van der Waals surface area contributed by atoms with E-state index in [1.165, 1.54) is 6.07 Å². The van der Waals surface area contributed by atoms with E-state index in [1.807, 2.05) is 7.05 Å². The number of piperidine rings is 1. The standard InChI is InChI=1S/C14H18FN3O3/c1-17-6-2-3-10(9-17)8-16-14(19)11-4-5-13(18(20)21)12(15)7-11/h4-5,7,10H,2-3,6,8-9H2,1H3,(H,16,19). The van der Waals surface area contributed by atoms with Crippen molar-refractivity contribution >= 4 is 11.6 Å². The molecule has 0 aromatic heterocycles. The molecule has 1 aliphatic heterocycles. The Labute approximate surface area is 122 Å². The predicted molar refractivity (Wildman–Crippen MR) is 75.6 cm³/mol. The van der Waals surface area contributed by atoms with E-state index >= 15 is 0 Å². The molecule has 0 saturated carbocycles. The first-order valence-corrected chi connectivity index (χ1v) is 6.88. The number of benzene rings is 1. The fraction of sp³-hybridized carbons (Fsp3) is 0.500. The highest BCUT2D eigenvalue weighted by molar-refractivity contribution is 5.94. The third kappa shape index (κ3) is 3.98. The molecule has 1 aromatic rings. The van der Waals surface area contributed by atoms with Crippen LogP contribution in [0.3, 0.4) is 0 Å². The molecule has 6 nitrogen and oxygen atoms in total. The molecule has 1 aromatic carbocycles. The minimum Gasteiger partial charge on any atom is -0.352 e. The number of nitro groups is 1. The molecule has 0 spiro atoms. The lowest BCUT2D eigenvalue weighted by Crippen LogP contribution is -2.39. The van der Waals surface area contributed by atoms with Crippen LogP contribution in [0.25, 0.3) is 0 Å². The van der Waals surface area contributed by atoms with Crippen LogP contribution in [-0.2, 0) is 0 Å². The molecule has 114 valence electrons. The number of carbonyl (C=O) groups excluding carboxylic acids is 1. The van der Waals surface area contributed by atoms with Gasteiger partial charge < -0.3 is 10.2 Å². The van der Waals surface area contributed by atoms with Crippen LogP contribution in [0.4, 0.5) is 10.1 Å². The van der Waals surface area contributed by atoms with Gasteiger partial charge in [-0.1, -0.05) is 0 Å². The van der Waals surface area contributed by atoms with Crippen molar-refractivity contribution in [3.63, 3.8) is 0 Å². The Morgan fingerprint density at radius 1 is 1.57 bits per heavy atom. The van der Waals surface area contributed by atoms with Crippen LogP contribution in [-0.4, -0.2) is 42.4 Å². The second kappa shape index (κ2) is 6.62. The van der Waals surface area contributed by atoms with Crippen LogP contribution in [0.1, 0.15) is 23.2 Å². The molecule has 1 unspecified atom stereocenters. The Hall–Kier alpha value is -2.02. The van der Waals surface area contributed by atoms with Crippen molar-refractivity contribution < 1.29 is 14.1 Å². The Kier molecular flexibility index (Phi) is 4.85. The van der Waals surface area contributed by atoms with Gasteiger partial charge in [0.25, 0.3) is 5.91 Å². The number of likely N-dealkylation sites (tertiary alicyclic amines) is 1. The van der Waals surface area contributed by atoms with Crippen molar-refractivity contribution in [2.24, 2.45) is 5.92 Å². The first-order chi connectivity index (χ1) is 9.97. The Morgan fingerprint density at radius 3 is 2.95 bits per heavy atom. The highest BCUT2D eigenvalue weighted by Gasteiger charge is 2.19. The van der Waals surface area contributed by atoms with E-state index < -0.39 is 22.3 Å². The first-order valence-electron chi connectivity index (χ1n) is 6.88. The van der Waals surface area contributed by atoms with Crippen molar-refractivity contribution in [2.75, 3.05) is 26.7 Å². The van der Waals surface area contributed by atoms with Gasteiger partial charge in [0.2, 0.25) is 5.82 Å². The number of carbonyl (C=O) groups is 1. The van der Waals surface area contributed by atoms with Crippen molar-refractivity contribution in [3.05, 3.63) is 39.7 Å². The summed E-state index contributed by atoms with van der Waals surface area (Å²) in [5.41, 5.74) is -0.525. The topological polar surface area (TPSA) is 75.5 Å². The fourth-order valence-corrected chi connectivity index (χ4v) is 2.58. The summed E-state index contributed by atoms with van der Waals surface area (Å²) in [5.74, 6) is -1.02. The van der Waals surface area contributed by atoms with Crippen molar-refractivity contribution in [3.8, 4) is 0 Å². The zero-order valence-corrected chi connectivity index (χ0v) is 11.8. The normalized spacial score (nSPS) is 19.2. The van der Waals surface area contributed by atoms with Gasteiger partial charge in [0.15, 0.2) is 0 Å². The summed E-state index contributed by atoms with van der Waals surface area (Å²) in [6.07, 6.45) is 2.16. The average Bonchev–Trinajstić information content (AvgIpc) is 2.44. The number of amides is 1. The number of hydrogen-bond acceptors (Lipinski definition) is 4. The predicted octanol–water partition coefficient (Wildman–Crippen LogP) is 1.81. The van der Waals surface area contributed by atoms with Gasteiger partial charge in [0.05, 0.1) is 4.92 Å². The third-order valence-electron chi connectivity index (χ3n) is 3.68. The summed E-state index contributed by atoms with van der Waals surface area (Å²) in [6, 6.07) is 3.18. The molecule has 1 aliphatic rings. The van der Waals surface area contributed by atoms with Gasteiger partial charge in [0, 0.05) is 24.7 Å². The van der Waals surface area contributed by atoms with Crippen molar-refractivity contribution in [1.29, 1.82) is 0 Å². The van der Waals surface area contributed by atoms with E-state index in [-0.39, 0.29) is 5.56 Å². The van der Waals surface area contributed by atoms with Crippen LogP contribution in [0.5, 0.6) is 0 Å². The average molecular weight is 295 g/mol. The van der Waals surface area contributed by atoms with Crippen LogP contribution in [0, 0.1) is 21.8 Å². The van der Waals surface area contributed by atoms with E-state index in [1.54, 1.807) is 0 Å². The number of halogens is 1. The minimum atomic E-state index is -0.995. The molecule has 7 heteroatoms. The van der Waals surface area contributed by atoms with E-state index in [4.69, 9.17) is 0 Å². The molecular weight excluding hydrogens is 277 g/mol. The monoisotopic (exact) mass is 295 g/mol. The van der Waals surface area contributed by atoms with Gasteiger partial charge in [-0.3, -0.25) is 14.9 Å². The van der Waals surface area contributed by atoms with Crippen molar-refractivity contribution in [1.82, 2.24) is 10.2 Å². The van der Waals surface area contributed by atoms with Crippen molar-refractivity contribution in [2.45, 2.75) is 12.8 Å². The number of nitrogens with zero attached hydrogens (tertiary/aromatic N) is 2. The summed E-state index contributed by atoms with van der Waals surface area (Å²) >= 11 is 0. The highest BCUT2D eigenvalue weighted by Crippen LogP contribution is 2.18. The summed E-state index contributed by atoms with van der Waals surface area (Å²) < 4.78 is 13.5. The van der Waals surface area contributed by atoms with Gasteiger partial charge in [-0.2, -0.15) is 4.39 Å². The summed E-state index contributed by atoms with van der Waals surface area (Å²) in [6.45, 7) is 2.52. The molecule has 21 heavy (non-hydrogen) atoms. The highest BCUT2D eigenvalue weighted by atomic mass is 19.1. The molecule has 1 amide bonds. The molecule has 1 saturated heterocycles. The van der Waals surface area contributed by atoms with Crippen LogP contribution in [0.2, 0.25) is 0 Å². The van der Waals surface area contributed by atoms with Gasteiger partial charge in [-0.15, -0.1) is 0 Å². The van der Waals surface area contributed by atoms with Gasteiger partial charge >= 0.3 is 5.69 Å².